The van der Waals surface area contributed by atoms with Crippen LogP contribution in [-0.2, 0) is 0 Å². The fourth-order valence-corrected chi connectivity index (χ4v) is 2.28. The molecule has 0 saturated heterocycles. The highest BCUT2D eigenvalue weighted by molar-refractivity contribution is 5.77. The van der Waals surface area contributed by atoms with Gasteiger partial charge in [0.1, 0.15) is 0 Å². The van der Waals surface area contributed by atoms with E-state index in [2.05, 4.69) is 48.2 Å². The fourth-order valence-electron chi connectivity index (χ4n) is 2.28. The van der Waals surface area contributed by atoms with Gasteiger partial charge in [0.15, 0.2) is 0 Å². The van der Waals surface area contributed by atoms with Crippen LogP contribution in [0.5, 0.6) is 0 Å². The average Bonchev–Trinajstić information content (AvgIpc) is 2.61. The van der Waals surface area contributed by atoms with Gasteiger partial charge in [-0.25, -0.2) is 0 Å². The molecular formula is C13H13N. The molecule has 70 valence electrons. The summed E-state index contributed by atoms with van der Waals surface area (Å²) in [7, 11) is 0. The molecule has 0 spiro atoms. The summed E-state index contributed by atoms with van der Waals surface area (Å²) >= 11 is 0. The van der Waals surface area contributed by atoms with E-state index in [4.69, 9.17) is 0 Å². The first-order valence-corrected chi connectivity index (χ1v) is 5.11. The molecule has 0 saturated carbocycles. The number of benzene rings is 1. The Kier molecular flexibility index (Phi) is 1.54. The number of para-hydroxylation sites is 1. The first-order chi connectivity index (χ1) is 6.86. The first kappa shape index (κ1) is 7.86. The quantitative estimate of drug-likeness (QED) is 0.597. The maximum Gasteiger partial charge on any atom is 0.0484 e. The number of allylic oxidation sites excluding steroid dienone is 1. The topological polar surface area (TPSA) is 3.24 Å². The predicted octanol–water partition coefficient (Wildman–Crippen LogP) is 3.20. The smallest absolute Gasteiger partial charge is 0.0484 e. The lowest BCUT2D eigenvalue weighted by Crippen LogP contribution is -2.20. The minimum Gasteiger partial charge on any atom is -0.341 e. The third-order valence-electron chi connectivity index (χ3n) is 3.09. The van der Waals surface area contributed by atoms with Crippen LogP contribution in [0.15, 0.2) is 41.6 Å². The predicted molar refractivity (Wildman–Crippen MR) is 60.1 cm³/mol. The van der Waals surface area contributed by atoms with Crippen LogP contribution in [-0.4, -0.2) is 6.54 Å². The Bertz CT molecular complexity index is 440. The maximum absolute atomic E-state index is 2.42. The number of hydrogen-bond donors (Lipinski definition) is 0. The Morgan fingerprint density at radius 2 is 2.00 bits per heavy atom. The summed E-state index contributed by atoms with van der Waals surface area (Å²) in [5, 5.41) is 0. The number of anilines is 1. The Hall–Kier alpha value is -1.50. The first-order valence-electron chi connectivity index (χ1n) is 5.11. The van der Waals surface area contributed by atoms with Gasteiger partial charge < -0.3 is 4.90 Å². The third-order valence-corrected chi connectivity index (χ3v) is 3.09. The van der Waals surface area contributed by atoms with E-state index in [1.165, 1.54) is 28.9 Å². The van der Waals surface area contributed by atoms with Gasteiger partial charge in [-0.2, -0.15) is 0 Å². The molecule has 1 aromatic carbocycles. The molecule has 1 heteroatoms. The van der Waals surface area contributed by atoms with Gasteiger partial charge in [0.05, 0.1) is 0 Å². The molecule has 3 rings (SSSR count). The summed E-state index contributed by atoms with van der Waals surface area (Å²) in [6, 6.07) is 8.60. The van der Waals surface area contributed by atoms with Gasteiger partial charge in [-0.05, 0) is 36.6 Å². The minimum absolute atomic E-state index is 1.14. The van der Waals surface area contributed by atoms with Gasteiger partial charge in [-0.3, -0.25) is 0 Å². The summed E-state index contributed by atoms with van der Waals surface area (Å²) in [6.45, 7) is 3.37. The zero-order valence-corrected chi connectivity index (χ0v) is 8.33. The van der Waals surface area contributed by atoms with Gasteiger partial charge in [-0.15, -0.1) is 0 Å². The average molecular weight is 183 g/mol. The molecule has 2 aliphatic heterocycles. The van der Waals surface area contributed by atoms with Crippen molar-refractivity contribution in [1.29, 1.82) is 0 Å². The fraction of sp³-hybridized carbons (Fsp3) is 0.231. The van der Waals surface area contributed by atoms with Crippen molar-refractivity contribution in [3.63, 3.8) is 0 Å². The van der Waals surface area contributed by atoms with Crippen molar-refractivity contribution in [3.05, 3.63) is 47.2 Å². The van der Waals surface area contributed by atoms with E-state index in [0.717, 1.165) is 6.54 Å². The number of rotatable bonds is 0. The molecule has 2 aliphatic rings. The lowest BCUT2D eigenvalue weighted by atomic mass is 10.1. The summed E-state index contributed by atoms with van der Waals surface area (Å²) in [4.78, 5) is 2.42. The number of hydrogen-bond acceptors (Lipinski definition) is 1. The van der Waals surface area contributed by atoms with Gasteiger partial charge in [-0.1, -0.05) is 24.3 Å². The van der Waals surface area contributed by atoms with Gasteiger partial charge in [0.2, 0.25) is 0 Å². The molecule has 0 aliphatic carbocycles. The molecule has 0 bridgehead atoms. The lowest BCUT2D eigenvalue weighted by Gasteiger charge is -2.26. The van der Waals surface area contributed by atoms with Crippen LogP contribution in [0.2, 0.25) is 0 Å². The molecule has 0 N–H and O–H groups in total. The van der Waals surface area contributed by atoms with Crippen LogP contribution >= 0.6 is 0 Å². The molecule has 0 fully saturated rings. The molecule has 0 aromatic heterocycles. The molecular weight excluding hydrogens is 170 g/mol. The van der Waals surface area contributed by atoms with Crippen LogP contribution < -0.4 is 4.90 Å². The molecule has 2 heterocycles. The van der Waals surface area contributed by atoms with Gasteiger partial charge in [0, 0.05) is 17.9 Å². The van der Waals surface area contributed by atoms with Crippen molar-refractivity contribution in [3.8, 4) is 0 Å². The van der Waals surface area contributed by atoms with Crippen molar-refractivity contribution in [2.24, 2.45) is 0 Å². The normalized spacial score (nSPS) is 18.5. The van der Waals surface area contributed by atoms with E-state index >= 15 is 0 Å². The van der Waals surface area contributed by atoms with E-state index in [9.17, 15) is 0 Å². The standard InChI is InChI=1S/C13H13N/c1-10-8-9-14-12(10)7-6-11-4-2-3-5-13(11)14/h2-7H,8-9H2,1H3. The highest BCUT2D eigenvalue weighted by atomic mass is 15.2. The Labute approximate surface area is 84.4 Å². The maximum atomic E-state index is 2.42. The Balaban J connectivity index is 2.20. The van der Waals surface area contributed by atoms with Crippen LogP contribution in [0.25, 0.3) is 6.08 Å². The second-order valence-corrected chi connectivity index (χ2v) is 3.96. The van der Waals surface area contributed by atoms with Gasteiger partial charge in [0.25, 0.3) is 0 Å². The van der Waals surface area contributed by atoms with E-state index in [0.29, 0.717) is 0 Å². The molecule has 0 unspecified atom stereocenters. The SMILES string of the molecule is CC1=C2C=Cc3ccccc3N2CC1. The molecule has 0 atom stereocenters. The van der Waals surface area contributed by atoms with Crippen LogP contribution in [0.1, 0.15) is 18.9 Å². The van der Waals surface area contributed by atoms with Crippen LogP contribution in [0.4, 0.5) is 5.69 Å². The largest absolute Gasteiger partial charge is 0.341 e. The Morgan fingerprint density at radius 1 is 1.14 bits per heavy atom. The molecule has 0 amide bonds. The summed E-state index contributed by atoms with van der Waals surface area (Å²) in [6.07, 6.45) is 5.66. The molecule has 1 aromatic rings. The lowest BCUT2D eigenvalue weighted by molar-refractivity contribution is 0.963. The third kappa shape index (κ3) is 0.955. The molecule has 0 radical (unpaired) electrons. The van der Waals surface area contributed by atoms with Crippen molar-refractivity contribution in [1.82, 2.24) is 0 Å². The summed E-state index contributed by atoms with van der Waals surface area (Å²) in [5.41, 5.74) is 5.62. The van der Waals surface area contributed by atoms with Crippen molar-refractivity contribution >= 4 is 11.8 Å². The Morgan fingerprint density at radius 3 is 2.93 bits per heavy atom. The number of fused-ring (bicyclic) bond motifs is 3. The van der Waals surface area contributed by atoms with Gasteiger partial charge >= 0.3 is 0 Å². The summed E-state index contributed by atoms with van der Waals surface area (Å²) < 4.78 is 0. The summed E-state index contributed by atoms with van der Waals surface area (Å²) in [5.74, 6) is 0. The van der Waals surface area contributed by atoms with E-state index in [1.54, 1.807) is 0 Å². The van der Waals surface area contributed by atoms with Crippen molar-refractivity contribution in [2.75, 3.05) is 11.4 Å². The second-order valence-electron chi connectivity index (χ2n) is 3.96. The number of nitrogens with zero attached hydrogens (tertiary/aromatic N) is 1. The zero-order valence-electron chi connectivity index (χ0n) is 8.33. The van der Waals surface area contributed by atoms with Crippen molar-refractivity contribution in [2.45, 2.75) is 13.3 Å². The monoisotopic (exact) mass is 183 g/mol. The van der Waals surface area contributed by atoms with Crippen molar-refractivity contribution < 1.29 is 0 Å². The molecule has 14 heavy (non-hydrogen) atoms. The highest BCUT2D eigenvalue weighted by Crippen LogP contribution is 2.36. The highest BCUT2D eigenvalue weighted by Gasteiger charge is 2.23. The molecule has 1 nitrogen and oxygen atoms in total. The second kappa shape index (κ2) is 2.74. The van der Waals surface area contributed by atoms with Crippen LogP contribution in [0.3, 0.4) is 0 Å². The minimum atomic E-state index is 1.14. The van der Waals surface area contributed by atoms with E-state index in [1.807, 2.05) is 0 Å². The van der Waals surface area contributed by atoms with E-state index in [-0.39, 0.29) is 0 Å². The zero-order chi connectivity index (χ0) is 9.54. The van der Waals surface area contributed by atoms with E-state index < -0.39 is 0 Å². The van der Waals surface area contributed by atoms with Crippen LogP contribution in [0, 0.1) is 0 Å².